The van der Waals surface area contributed by atoms with Gasteiger partial charge in [-0.25, -0.2) is 4.90 Å². The van der Waals surface area contributed by atoms with Crippen LogP contribution in [0.25, 0.3) is 0 Å². The summed E-state index contributed by atoms with van der Waals surface area (Å²) in [5, 5.41) is 14.8. The van der Waals surface area contributed by atoms with Crippen LogP contribution in [0.15, 0.2) is 36.4 Å². The van der Waals surface area contributed by atoms with E-state index in [1.807, 2.05) is 19.1 Å². The van der Waals surface area contributed by atoms with Gasteiger partial charge in [-0.2, -0.15) is 0 Å². The minimum atomic E-state index is -0.531. The second-order valence-corrected chi connectivity index (χ2v) is 7.43. The molecule has 2 amide bonds. The molecule has 4 rings (SSSR count). The molecule has 1 aliphatic heterocycles. The quantitative estimate of drug-likeness (QED) is 0.481. The number of nitro benzene ring substituents is 1. The predicted molar refractivity (Wildman–Crippen MR) is 106 cm³/mol. The molecule has 1 saturated carbocycles. The molecule has 0 atom stereocenters. The highest BCUT2D eigenvalue weighted by Crippen LogP contribution is 2.36. The molecule has 144 valence electrons. The molecule has 2 aromatic rings. The van der Waals surface area contributed by atoms with Gasteiger partial charge >= 0.3 is 0 Å². The van der Waals surface area contributed by atoms with Crippen molar-refractivity contribution in [1.82, 2.24) is 0 Å². The molecule has 28 heavy (non-hydrogen) atoms. The first kappa shape index (κ1) is 18.2. The molecule has 1 N–H and O–H groups in total. The van der Waals surface area contributed by atoms with E-state index < -0.39 is 16.7 Å². The summed E-state index contributed by atoms with van der Waals surface area (Å²) in [6.07, 6.45) is 5.21. The van der Waals surface area contributed by atoms with Crippen LogP contribution in [-0.4, -0.2) is 22.8 Å². The lowest BCUT2D eigenvalue weighted by molar-refractivity contribution is -0.384. The van der Waals surface area contributed by atoms with E-state index in [9.17, 15) is 19.7 Å². The van der Waals surface area contributed by atoms with E-state index in [-0.39, 0.29) is 22.9 Å². The van der Waals surface area contributed by atoms with Crippen molar-refractivity contribution < 1.29 is 14.5 Å². The standard InChI is InChI=1S/C21H21N3O4/c1-13-7-9-15(10-8-13)23-20(25)16-11-18(22-14-5-3-2-4-6-14)19(24(27)28)12-17(16)21(23)26/h7-12,14,22H,2-6H2,1H3. The van der Waals surface area contributed by atoms with Crippen molar-refractivity contribution in [2.45, 2.75) is 45.1 Å². The van der Waals surface area contributed by atoms with Crippen LogP contribution in [0, 0.1) is 17.0 Å². The normalized spacial score (nSPS) is 17.0. The van der Waals surface area contributed by atoms with E-state index in [0.717, 1.165) is 36.1 Å². The van der Waals surface area contributed by atoms with E-state index in [2.05, 4.69) is 5.32 Å². The first-order chi connectivity index (χ1) is 13.5. The van der Waals surface area contributed by atoms with Gasteiger partial charge in [0.1, 0.15) is 5.69 Å². The largest absolute Gasteiger partial charge is 0.377 e. The number of benzene rings is 2. The number of imide groups is 1. The first-order valence-electron chi connectivity index (χ1n) is 9.50. The highest BCUT2D eigenvalue weighted by atomic mass is 16.6. The molecule has 2 aromatic carbocycles. The average Bonchev–Trinajstić information content (AvgIpc) is 2.93. The molecule has 1 heterocycles. The summed E-state index contributed by atoms with van der Waals surface area (Å²) in [6, 6.07) is 9.88. The summed E-state index contributed by atoms with van der Waals surface area (Å²) in [5.74, 6) is -0.985. The smallest absolute Gasteiger partial charge is 0.293 e. The molecule has 1 aliphatic carbocycles. The lowest BCUT2D eigenvalue weighted by atomic mass is 9.95. The van der Waals surface area contributed by atoms with Crippen LogP contribution in [0.5, 0.6) is 0 Å². The number of nitrogens with one attached hydrogen (secondary N) is 1. The maximum Gasteiger partial charge on any atom is 0.293 e. The van der Waals surface area contributed by atoms with Crippen molar-refractivity contribution in [3.63, 3.8) is 0 Å². The third kappa shape index (κ3) is 3.13. The fourth-order valence-electron chi connectivity index (χ4n) is 3.94. The molecule has 0 unspecified atom stereocenters. The topological polar surface area (TPSA) is 92.6 Å². The molecular formula is C21H21N3O4. The van der Waals surface area contributed by atoms with Crippen molar-refractivity contribution in [3.05, 3.63) is 63.2 Å². The summed E-state index contributed by atoms with van der Waals surface area (Å²) in [6.45, 7) is 1.92. The number of carbonyl (C=O) groups is 2. The van der Waals surface area contributed by atoms with Gasteiger partial charge in [0.05, 0.1) is 21.7 Å². The van der Waals surface area contributed by atoms with Crippen LogP contribution in [0.2, 0.25) is 0 Å². The molecule has 0 saturated heterocycles. The molecular weight excluding hydrogens is 358 g/mol. The van der Waals surface area contributed by atoms with Crippen molar-refractivity contribution in [2.75, 3.05) is 10.2 Å². The van der Waals surface area contributed by atoms with E-state index in [1.165, 1.54) is 18.6 Å². The number of aryl methyl sites for hydroxylation is 1. The minimum absolute atomic E-state index is 0.0754. The second-order valence-electron chi connectivity index (χ2n) is 7.43. The van der Waals surface area contributed by atoms with Gasteiger partial charge in [0.2, 0.25) is 0 Å². The van der Waals surface area contributed by atoms with Crippen LogP contribution in [0.3, 0.4) is 0 Å². The predicted octanol–water partition coefficient (Wildman–Crippen LogP) is 4.45. The van der Waals surface area contributed by atoms with Crippen LogP contribution >= 0.6 is 0 Å². The zero-order chi connectivity index (χ0) is 19.8. The summed E-state index contributed by atoms with van der Waals surface area (Å²) < 4.78 is 0. The van der Waals surface area contributed by atoms with Gasteiger partial charge < -0.3 is 5.32 Å². The first-order valence-corrected chi connectivity index (χ1v) is 9.50. The van der Waals surface area contributed by atoms with E-state index in [0.29, 0.717) is 11.4 Å². The number of nitro groups is 1. The highest BCUT2D eigenvalue weighted by molar-refractivity contribution is 6.35. The van der Waals surface area contributed by atoms with Gasteiger partial charge in [0.25, 0.3) is 17.5 Å². The summed E-state index contributed by atoms with van der Waals surface area (Å²) in [5.41, 5.74) is 1.89. The van der Waals surface area contributed by atoms with Gasteiger partial charge in [-0.3, -0.25) is 19.7 Å². The molecule has 7 heteroatoms. The average molecular weight is 379 g/mol. The monoisotopic (exact) mass is 379 g/mol. The number of amides is 2. The Labute approximate surface area is 162 Å². The molecule has 0 radical (unpaired) electrons. The Morgan fingerprint density at radius 1 is 1.00 bits per heavy atom. The van der Waals surface area contributed by atoms with Gasteiger partial charge in [-0.1, -0.05) is 37.0 Å². The Hall–Kier alpha value is -3.22. The molecule has 2 aliphatic rings. The number of hydrogen-bond acceptors (Lipinski definition) is 5. The van der Waals surface area contributed by atoms with Crippen molar-refractivity contribution >= 4 is 28.9 Å². The maximum absolute atomic E-state index is 12.9. The maximum atomic E-state index is 12.9. The number of anilines is 2. The van der Waals surface area contributed by atoms with Gasteiger partial charge in [0, 0.05) is 12.1 Å². The third-order valence-electron chi connectivity index (χ3n) is 5.46. The Bertz CT molecular complexity index is 962. The Kier molecular flexibility index (Phi) is 4.58. The summed E-state index contributed by atoms with van der Waals surface area (Å²) in [4.78, 5) is 37.9. The number of fused-ring (bicyclic) bond motifs is 1. The SMILES string of the molecule is Cc1ccc(N2C(=O)c3cc(NC4CCCCC4)c([N+](=O)[O-])cc3C2=O)cc1. The van der Waals surface area contributed by atoms with Crippen molar-refractivity contribution in [3.8, 4) is 0 Å². The fourth-order valence-corrected chi connectivity index (χ4v) is 3.94. The number of hydrogen-bond donors (Lipinski definition) is 1. The molecule has 0 spiro atoms. The van der Waals surface area contributed by atoms with Crippen molar-refractivity contribution in [2.24, 2.45) is 0 Å². The fraction of sp³-hybridized carbons (Fsp3) is 0.333. The van der Waals surface area contributed by atoms with Crippen molar-refractivity contribution in [1.29, 1.82) is 0 Å². The van der Waals surface area contributed by atoms with Crippen LogP contribution in [0.1, 0.15) is 58.4 Å². The van der Waals surface area contributed by atoms with Gasteiger partial charge in [0.15, 0.2) is 0 Å². The number of nitrogens with zero attached hydrogens (tertiary/aromatic N) is 2. The molecule has 7 nitrogen and oxygen atoms in total. The Balaban J connectivity index is 1.73. The van der Waals surface area contributed by atoms with Crippen LogP contribution in [0.4, 0.5) is 17.1 Å². The zero-order valence-corrected chi connectivity index (χ0v) is 15.6. The van der Waals surface area contributed by atoms with Gasteiger partial charge in [-0.15, -0.1) is 0 Å². The van der Waals surface area contributed by atoms with Gasteiger partial charge in [-0.05, 0) is 38.0 Å². The molecule has 1 fully saturated rings. The van der Waals surface area contributed by atoms with E-state index >= 15 is 0 Å². The lowest BCUT2D eigenvalue weighted by Crippen LogP contribution is -2.29. The van der Waals surface area contributed by atoms with Crippen LogP contribution in [-0.2, 0) is 0 Å². The highest BCUT2D eigenvalue weighted by Gasteiger charge is 2.39. The second kappa shape index (κ2) is 7.07. The third-order valence-corrected chi connectivity index (χ3v) is 5.46. The number of carbonyl (C=O) groups excluding carboxylic acids is 2. The Morgan fingerprint density at radius 2 is 1.61 bits per heavy atom. The summed E-state index contributed by atoms with van der Waals surface area (Å²) in [7, 11) is 0. The summed E-state index contributed by atoms with van der Waals surface area (Å²) >= 11 is 0. The minimum Gasteiger partial charge on any atom is -0.377 e. The van der Waals surface area contributed by atoms with E-state index in [1.54, 1.807) is 12.1 Å². The van der Waals surface area contributed by atoms with Crippen LogP contribution < -0.4 is 10.2 Å². The van der Waals surface area contributed by atoms with E-state index in [4.69, 9.17) is 0 Å². The Morgan fingerprint density at radius 3 is 2.21 bits per heavy atom. The zero-order valence-electron chi connectivity index (χ0n) is 15.6. The lowest BCUT2D eigenvalue weighted by Gasteiger charge is -2.23. The molecule has 0 bridgehead atoms. The molecule has 0 aromatic heterocycles. The number of rotatable bonds is 4.